The van der Waals surface area contributed by atoms with Crippen molar-refractivity contribution in [1.29, 1.82) is 0 Å². The van der Waals surface area contributed by atoms with Crippen LogP contribution in [0.4, 0.5) is 0 Å². The van der Waals surface area contributed by atoms with Gasteiger partial charge in [0.15, 0.2) is 0 Å². The monoisotopic (exact) mass is 401 g/mol. The summed E-state index contributed by atoms with van der Waals surface area (Å²) in [4.78, 5) is 40.2. The molecule has 0 heterocycles. The number of carbonyl (C=O) groups excluding carboxylic acids is 3. The molecule has 162 valence electrons. The van der Waals surface area contributed by atoms with E-state index in [0.717, 1.165) is 12.8 Å². The van der Waals surface area contributed by atoms with Crippen molar-refractivity contribution in [3.63, 3.8) is 0 Å². The molecule has 5 atom stereocenters. The number of ether oxygens (including phenoxy) is 2. The minimum absolute atomic E-state index is 0.0469. The van der Waals surface area contributed by atoms with E-state index in [0.29, 0.717) is 0 Å². The molecule has 0 aromatic heterocycles. The van der Waals surface area contributed by atoms with Crippen molar-refractivity contribution in [3.05, 3.63) is 10.1 Å². The van der Waals surface area contributed by atoms with E-state index in [1.165, 1.54) is 0 Å². The highest BCUT2D eigenvalue weighted by molar-refractivity contribution is 5.73. The summed E-state index contributed by atoms with van der Waals surface area (Å²) in [6.45, 7) is 14.2. The van der Waals surface area contributed by atoms with E-state index in [9.17, 15) is 14.9 Å². The largest absolute Gasteiger partial charge is 0.466 e. The minimum atomic E-state index is -0.801. The van der Waals surface area contributed by atoms with Gasteiger partial charge in [-0.1, -0.05) is 41.5 Å². The van der Waals surface area contributed by atoms with E-state index >= 15 is 0 Å². The van der Waals surface area contributed by atoms with Gasteiger partial charge in [-0.15, -0.1) is 0 Å². The van der Waals surface area contributed by atoms with Gasteiger partial charge in [0.1, 0.15) is 0 Å². The Morgan fingerprint density at radius 1 is 1.21 bits per heavy atom. The Labute approximate surface area is 167 Å². The molecular weight excluding hydrogens is 366 g/mol. The standard InChI is InChI=1S/C19H35NO5.CO2/c1-8-13(9-2)25-17-12(4)14(18(21)24-10-3)11-15(20(22)23)16(17)19(5,6)7;2-1-3/h12-17H,8-11H2,1-7H3;/t12-,14-,15+,16-,17-;/m1./s1. The maximum Gasteiger partial charge on any atom is 0.373 e. The fourth-order valence-electron chi connectivity index (χ4n) is 4.16. The number of hydrogen-bond donors (Lipinski definition) is 0. The van der Waals surface area contributed by atoms with Crippen LogP contribution in [0.25, 0.3) is 0 Å². The third kappa shape index (κ3) is 6.99. The van der Waals surface area contributed by atoms with Crippen molar-refractivity contribution in [1.82, 2.24) is 0 Å². The molecule has 1 saturated carbocycles. The quantitative estimate of drug-likeness (QED) is 0.364. The number of carbonyl (C=O) groups is 1. The van der Waals surface area contributed by atoms with Gasteiger partial charge in [-0.3, -0.25) is 14.9 Å². The summed E-state index contributed by atoms with van der Waals surface area (Å²) in [7, 11) is 0. The fraction of sp³-hybridized carbons (Fsp3) is 0.900. The number of rotatable bonds is 7. The molecule has 0 amide bonds. The lowest BCUT2D eigenvalue weighted by atomic mass is 9.61. The predicted molar refractivity (Wildman–Crippen MR) is 102 cm³/mol. The van der Waals surface area contributed by atoms with Gasteiger partial charge in [0.05, 0.1) is 30.7 Å². The molecule has 1 aliphatic carbocycles. The van der Waals surface area contributed by atoms with Gasteiger partial charge < -0.3 is 9.47 Å². The second-order valence-electron chi connectivity index (χ2n) is 8.32. The van der Waals surface area contributed by atoms with Crippen molar-refractivity contribution >= 4 is 12.1 Å². The highest BCUT2D eigenvalue weighted by Crippen LogP contribution is 2.46. The van der Waals surface area contributed by atoms with E-state index in [1.54, 1.807) is 6.92 Å². The van der Waals surface area contributed by atoms with Gasteiger partial charge in [0.2, 0.25) is 6.04 Å². The zero-order chi connectivity index (χ0) is 22.1. The average molecular weight is 402 g/mol. The molecule has 1 aliphatic rings. The van der Waals surface area contributed by atoms with Gasteiger partial charge in [-0.05, 0) is 31.1 Å². The van der Waals surface area contributed by atoms with Crippen molar-refractivity contribution in [2.45, 2.75) is 86.0 Å². The van der Waals surface area contributed by atoms with E-state index in [4.69, 9.17) is 19.1 Å². The Morgan fingerprint density at radius 3 is 2.07 bits per heavy atom. The summed E-state index contributed by atoms with van der Waals surface area (Å²) in [5, 5.41) is 11.8. The van der Waals surface area contributed by atoms with E-state index in [1.807, 2.05) is 27.7 Å². The zero-order valence-electron chi connectivity index (χ0n) is 18.1. The fourth-order valence-corrected chi connectivity index (χ4v) is 4.16. The van der Waals surface area contributed by atoms with Crippen LogP contribution in [0.1, 0.15) is 67.7 Å². The third-order valence-corrected chi connectivity index (χ3v) is 5.54. The third-order valence-electron chi connectivity index (χ3n) is 5.54. The first-order valence-electron chi connectivity index (χ1n) is 9.94. The van der Waals surface area contributed by atoms with E-state index < -0.39 is 12.0 Å². The minimum Gasteiger partial charge on any atom is -0.466 e. The van der Waals surface area contributed by atoms with E-state index in [2.05, 4.69) is 13.8 Å². The van der Waals surface area contributed by atoms with Gasteiger partial charge in [0.25, 0.3) is 0 Å². The summed E-state index contributed by atoms with van der Waals surface area (Å²) in [5.41, 5.74) is -0.289. The SMILES string of the molecule is CCOC(=O)[C@@H]1C[C@H]([N+](=O)[O-])[C@@H](C(C)(C)C)[C@H](OC(CC)CC)[C@@H]1C.O=C=O. The first-order valence-corrected chi connectivity index (χ1v) is 9.94. The first-order chi connectivity index (χ1) is 13.0. The second-order valence-corrected chi connectivity index (χ2v) is 8.32. The lowest BCUT2D eigenvalue weighted by Crippen LogP contribution is -2.56. The van der Waals surface area contributed by atoms with Crippen LogP contribution < -0.4 is 0 Å². The molecule has 1 rings (SSSR count). The smallest absolute Gasteiger partial charge is 0.373 e. The molecule has 0 unspecified atom stereocenters. The van der Waals surface area contributed by atoms with Crippen LogP contribution in [0.3, 0.4) is 0 Å². The lowest BCUT2D eigenvalue weighted by molar-refractivity contribution is -0.546. The highest BCUT2D eigenvalue weighted by Gasteiger charge is 2.55. The molecular formula is C20H35NO7. The Morgan fingerprint density at radius 2 is 1.71 bits per heavy atom. The molecule has 0 aliphatic heterocycles. The van der Waals surface area contributed by atoms with Crippen LogP contribution in [0, 0.1) is 33.3 Å². The maximum atomic E-state index is 12.4. The van der Waals surface area contributed by atoms with Gasteiger partial charge >= 0.3 is 12.1 Å². The Kier molecular flexibility index (Phi) is 11.2. The van der Waals surface area contributed by atoms with Crippen molar-refractivity contribution < 1.29 is 28.8 Å². The van der Waals surface area contributed by atoms with Crippen LogP contribution >= 0.6 is 0 Å². The normalized spacial score (nSPS) is 27.4. The van der Waals surface area contributed by atoms with Gasteiger partial charge in [-0.2, -0.15) is 9.59 Å². The van der Waals surface area contributed by atoms with Crippen molar-refractivity contribution in [2.75, 3.05) is 6.61 Å². The first kappa shape index (κ1) is 26.2. The number of nitro groups is 1. The highest BCUT2D eigenvalue weighted by atomic mass is 16.6. The molecule has 8 nitrogen and oxygen atoms in total. The summed E-state index contributed by atoms with van der Waals surface area (Å²) < 4.78 is 11.6. The second kappa shape index (κ2) is 11.9. The van der Waals surface area contributed by atoms with Gasteiger partial charge in [0, 0.05) is 11.3 Å². The topological polar surface area (TPSA) is 113 Å². The summed E-state index contributed by atoms with van der Waals surface area (Å²) in [5.74, 6) is -1.19. The average Bonchev–Trinajstić information content (AvgIpc) is 2.59. The molecule has 0 spiro atoms. The van der Waals surface area contributed by atoms with Crippen molar-refractivity contribution in [2.24, 2.45) is 23.2 Å². The van der Waals surface area contributed by atoms with Crippen LogP contribution in [0.15, 0.2) is 0 Å². The van der Waals surface area contributed by atoms with E-state index in [-0.39, 0.29) is 59.5 Å². The van der Waals surface area contributed by atoms with Crippen LogP contribution in [0.2, 0.25) is 0 Å². The molecule has 0 aromatic rings. The number of esters is 1. The number of hydrogen-bond acceptors (Lipinski definition) is 7. The molecule has 0 aromatic carbocycles. The van der Waals surface area contributed by atoms with Gasteiger partial charge in [-0.25, -0.2) is 0 Å². The molecule has 0 radical (unpaired) electrons. The Balaban J connectivity index is 0.00000227. The van der Waals surface area contributed by atoms with Crippen LogP contribution in [0.5, 0.6) is 0 Å². The van der Waals surface area contributed by atoms with Crippen LogP contribution in [-0.2, 0) is 23.9 Å². The molecule has 0 bridgehead atoms. The number of nitrogens with zero attached hydrogens (tertiary/aromatic N) is 1. The Hall–Kier alpha value is -1.79. The summed E-state index contributed by atoms with van der Waals surface area (Å²) in [6, 6.07) is -0.801. The predicted octanol–water partition coefficient (Wildman–Crippen LogP) is 3.50. The molecule has 0 N–H and O–H groups in total. The molecule has 28 heavy (non-hydrogen) atoms. The zero-order valence-corrected chi connectivity index (χ0v) is 18.1. The lowest BCUT2D eigenvalue weighted by Gasteiger charge is -2.47. The maximum absolute atomic E-state index is 12.4. The van der Waals surface area contributed by atoms with Crippen LogP contribution in [-0.4, -0.2) is 41.9 Å². The molecule has 8 heteroatoms. The summed E-state index contributed by atoms with van der Waals surface area (Å²) >= 11 is 0. The molecule has 0 saturated heterocycles. The molecule has 1 fully saturated rings. The Bertz CT molecular complexity index is 533. The van der Waals surface area contributed by atoms with Crippen molar-refractivity contribution in [3.8, 4) is 0 Å². The summed E-state index contributed by atoms with van der Waals surface area (Å²) in [6.07, 6.45) is 1.89.